The van der Waals surface area contributed by atoms with E-state index in [0.29, 0.717) is 17.7 Å². The van der Waals surface area contributed by atoms with Crippen molar-refractivity contribution in [3.05, 3.63) is 22.8 Å². The number of pyridine rings is 1. The minimum atomic E-state index is -4.42. The van der Waals surface area contributed by atoms with Crippen LogP contribution in [0.1, 0.15) is 18.4 Å². The van der Waals surface area contributed by atoms with E-state index >= 15 is 0 Å². The highest BCUT2D eigenvalue weighted by Gasteiger charge is 2.42. The zero-order valence-corrected chi connectivity index (χ0v) is 11.5. The van der Waals surface area contributed by atoms with E-state index in [-0.39, 0.29) is 11.1 Å². The molecule has 2 N–H and O–H groups in total. The minimum absolute atomic E-state index is 0.0494. The molecule has 1 aliphatic heterocycles. The monoisotopic (exact) mass is 305 g/mol. The summed E-state index contributed by atoms with van der Waals surface area (Å²) in [6, 6.07) is 1.12. The quantitative estimate of drug-likeness (QED) is 0.867. The maximum Gasteiger partial charge on any atom is 0.417 e. The molecule has 2 fully saturated rings. The van der Waals surface area contributed by atoms with Crippen molar-refractivity contribution in [3.8, 4) is 0 Å². The molecule has 3 atom stereocenters. The smallest absolute Gasteiger partial charge is 0.355 e. The minimum Gasteiger partial charge on any atom is -0.355 e. The fraction of sp³-hybridized carbons (Fsp3) is 0.615. The normalized spacial score (nSPS) is 29.9. The van der Waals surface area contributed by atoms with E-state index in [1.807, 2.05) is 4.90 Å². The Kier molecular flexibility index (Phi) is 3.33. The highest BCUT2D eigenvalue weighted by molar-refractivity contribution is 6.33. The number of hydrogen-bond donors (Lipinski definition) is 1. The van der Waals surface area contributed by atoms with Gasteiger partial charge in [-0.05, 0) is 30.7 Å². The summed E-state index contributed by atoms with van der Waals surface area (Å²) in [5.74, 6) is 1.33. The summed E-state index contributed by atoms with van der Waals surface area (Å²) in [6.07, 6.45) is -1.48. The van der Waals surface area contributed by atoms with Gasteiger partial charge in [-0.1, -0.05) is 11.6 Å². The molecule has 0 spiro atoms. The first-order chi connectivity index (χ1) is 9.36. The Morgan fingerprint density at radius 1 is 1.30 bits per heavy atom. The topological polar surface area (TPSA) is 42.1 Å². The van der Waals surface area contributed by atoms with E-state index in [0.717, 1.165) is 38.2 Å². The second kappa shape index (κ2) is 4.77. The molecule has 0 amide bonds. The van der Waals surface area contributed by atoms with Gasteiger partial charge in [0.25, 0.3) is 0 Å². The van der Waals surface area contributed by atoms with E-state index in [4.69, 9.17) is 17.3 Å². The third-order valence-electron chi connectivity index (χ3n) is 4.36. The maximum atomic E-state index is 12.6. The van der Waals surface area contributed by atoms with Crippen molar-refractivity contribution in [2.24, 2.45) is 17.6 Å². The van der Waals surface area contributed by atoms with Gasteiger partial charge in [-0.2, -0.15) is 13.2 Å². The van der Waals surface area contributed by atoms with E-state index in [1.54, 1.807) is 0 Å². The summed E-state index contributed by atoms with van der Waals surface area (Å²) >= 11 is 5.97. The SMILES string of the molecule is NC1CCC2CN(c3ncc(C(F)(F)F)cc3Cl)CC12. The number of aromatic nitrogens is 1. The lowest BCUT2D eigenvalue weighted by Crippen LogP contribution is -2.30. The van der Waals surface area contributed by atoms with Gasteiger partial charge in [0.05, 0.1) is 10.6 Å². The summed E-state index contributed by atoms with van der Waals surface area (Å²) in [7, 11) is 0. The highest BCUT2D eigenvalue weighted by atomic mass is 35.5. The molecule has 1 aromatic heterocycles. The van der Waals surface area contributed by atoms with E-state index in [2.05, 4.69) is 4.98 Å². The van der Waals surface area contributed by atoms with Gasteiger partial charge in [0.15, 0.2) is 0 Å². The molecular weight excluding hydrogens is 291 g/mol. The predicted octanol–water partition coefficient (Wildman–Crippen LogP) is 2.93. The first kappa shape index (κ1) is 13.9. The van der Waals surface area contributed by atoms with Crippen LogP contribution in [0.3, 0.4) is 0 Å². The molecule has 7 heteroatoms. The van der Waals surface area contributed by atoms with Crippen LogP contribution >= 0.6 is 11.6 Å². The number of nitrogens with zero attached hydrogens (tertiary/aromatic N) is 2. The lowest BCUT2D eigenvalue weighted by atomic mass is 9.98. The number of hydrogen-bond acceptors (Lipinski definition) is 3. The largest absolute Gasteiger partial charge is 0.417 e. The molecule has 0 radical (unpaired) electrons. The number of fused-ring (bicyclic) bond motifs is 1. The molecule has 3 unspecified atom stereocenters. The molecule has 1 saturated heterocycles. The molecule has 2 heterocycles. The van der Waals surface area contributed by atoms with Crippen LogP contribution in [0, 0.1) is 11.8 Å². The van der Waals surface area contributed by atoms with Gasteiger partial charge in [-0.25, -0.2) is 4.98 Å². The van der Waals surface area contributed by atoms with Crippen LogP contribution in [0.25, 0.3) is 0 Å². The second-order valence-electron chi connectivity index (χ2n) is 5.60. The van der Waals surface area contributed by atoms with Gasteiger partial charge in [0.2, 0.25) is 0 Å². The number of alkyl halides is 3. The van der Waals surface area contributed by atoms with Crippen molar-refractivity contribution in [2.45, 2.75) is 25.1 Å². The van der Waals surface area contributed by atoms with Crippen LogP contribution in [0.5, 0.6) is 0 Å². The number of anilines is 1. The number of nitrogens with two attached hydrogens (primary N) is 1. The Bertz CT molecular complexity index is 520. The summed E-state index contributed by atoms with van der Waals surface area (Å²) in [5, 5.41) is 0.0494. The number of halogens is 4. The van der Waals surface area contributed by atoms with Crippen molar-refractivity contribution in [2.75, 3.05) is 18.0 Å². The van der Waals surface area contributed by atoms with Gasteiger partial charge in [0.1, 0.15) is 5.82 Å². The molecule has 110 valence electrons. The highest BCUT2D eigenvalue weighted by Crippen LogP contribution is 2.41. The molecule has 1 aliphatic carbocycles. The lowest BCUT2D eigenvalue weighted by molar-refractivity contribution is -0.137. The van der Waals surface area contributed by atoms with Crippen LogP contribution in [-0.2, 0) is 6.18 Å². The maximum absolute atomic E-state index is 12.6. The van der Waals surface area contributed by atoms with Gasteiger partial charge in [-0.15, -0.1) is 0 Å². The molecule has 1 saturated carbocycles. The summed E-state index contributed by atoms with van der Waals surface area (Å²) in [5.41, 5.74) is 5.23. The van der Waals surface area contributed by atoms with Crippen LogP contribution < -0.4 is 10.6 Å². The summed E-state index contributed by atoms with van der Waals surface area (Å²) in [6.45, 7) is 1.50. The van der Waals surface area contributed by atoms with E-state index in [1.165, 1.54) is 0 Å². The molecule has 2 aliphatic rings. The molecule has 1 aromatic rings. The Morgan fingerprint density at radius 3 is 2.65 bits per heavy atom. The number of rotatable bonds is 1. The second-order valence-corrected chi connectivity index (χ2v) is 6.00. The average molecular weight is 306 g/mol. The molecular formula is C13H15ClF3N3. The third kappa shape index (κ3) is 2.35. The van der Waals surface area contributed by atoms with Crippen LogP contribution in [-0.4, -0.2) is 24.1 Å². The van der Waals surface area contributed by atoms with Crippen molar-refractivity contribution in [1.82, 2.24) is 4.98 Å². The molecule has 3 rings (SSSR count). The Hall–Kier alpha value is -1.01. The van der Waals surface area contributed by atoms with Gasteiger partial charge in [0, 0.05) is 25.3 Å². The fourth-order valence-electron chi connectivity index (χ4n) is 3.30. The zero-order valence-electron chi connectivity index (χ0n) is 10.7. The van der Waals surface area contributed by atoms with Crippen LogP contribution in [0.4, 0.5) is 19.0 Å². The fourth-order valence-corrected chi connectivity index (χ4v) is 3.58. The van der Waals surface area contributed by atoms with Crippen molar-refractivity contribution < 1.29 is 13.2 Å². The molecule has 0 bridgehead atoms. The Balaban J connectivity index is 1.82. The van der Waals surface area contributed by atoms with E-state index in [9.17, 15) is 13.2 Å². The third-order valence-corrected chi connectivity index (χ3v) is 4.64. The van der Waals surface area contributed by atoms with Gasteiger partial charge >= 0.3 is 6.18 Å². The van der Waals surface area contributed by atoms with E-state index < -0.39 is 11.7 Å². The average Bonchev–Trinajstić information content (AvgIpc) is 2.91. The predicted molar refractivity (Wildman–Crippen MR) is 70.7 cm³/mol. The van der Waals surface area contributed by atoms with Gasteiger partial charge in [-0.3, -0.25) is 0 Å². The lowest BCUT2D eigenvalue weighted by Gasteiger charge is -2.21. The van der Waals surface area contributed by atoms with Crippen molar-refractivity contribution >= 4 is 17.4 Å². The standard InChI is InChI=1S/C13H15ClF3N3/c14-10-3-8(13(15,16)17)4-19-12(10)20-5-7-1-2-11(18)9(7)6-20/h3-4,7,9,11H,1-2,5-6,18H2. The van der Waals surface area contributed by atoms with Crippen LogP contribution in [0.2, 0.25) is 5.02 Å². The zero-order chi connectivity index (χ0) is 14.5. The molecule has 20 heavy (non-hydrogen) atoms. The Labute approximate surface area is 119 Å². The summed E-state index contributed by atoms with van der Waals surface area (Å²) < 4.78 is 37.8. The van der Waals surface area contributed by atoms with Gasteiger partial charge < -0.3 is 10.6 Å². The molecule has 0 aromatic carbocycles. The molecule has 3 nitrogen and oxygen atoms in total. The van der Waals surface area contributed by atoms with Crippen molar-refractivity contribution in [3.63, 3.8) is 0 Å². The van der Waals surface area contributed by atoms with Crippen molar-refractivity contribution in [1.29, 1.82) is 0 Å². The Morgan fingerprint density at radius 2 is 2.05 bits per heavy atom. The van der Waals surface area contributed by atoms with Crippen LogP contribution in [0.15, 0.2) is 12.3 Å². The first-order valence-corrected chi connectivity index (χ1v) is 6.97. The first-order valence-electron chi connectivity index (χ1n) is 6.59. The summed E-state index contributed by atoms with van der Waals surface area (Å²) in [4.78, 5) is 5.87.